The highest BCUT2D eigenvalue weighted by molar-refractivity contribution is 5.99. The average molecular weight is 667 g/mol. The molecule has 0 radical (unpaired) electrons. The van der Waals surface area contributed by atoms with Gasteiger partial charge in [-0.05, 0) is 88.9 Å². The van der Waals surface area contributed by atoms with Crippen LogP contribution in [0.5, 0.6) is 17.2 Å². The number of amides is 3. The molecule has 0 unspecified atom stereocenters. The molecule has 2 aliphatic heterocycles. The third-order valence-electron chi connectivity index (χ3n) is 9.63. The van der Waals surface area contributed by atoms with Crippen molar-refractivity contribution in [2.24, 2.45) is 5.92 Å². The minimum absolute atomic E-state index is 0.0454. The molecule has 2 aromatic rings. The molecule has 4 atom stereocenters. The molecule has 1 aliphatic carbocycles. The van der Waals surface area contributed by atoms with Gasteiger partial charge in [0.15, 0.2) is 11.5 Å². The van der Waals surface area contributed by atoms with E-state index in [0.29, 0.717) is 43.2 Å². The molecule has 2 aromatic carbocycles. The molecular weight excluding hydrogens is 612 g/mol. The number of carbonyl (C=O) groups excluding carboxylic acids is 2. The van der Waals surface area contributed by atoms with Crippen LogP contribution >= 0.6 is 0 Å². The monoisotopic (exact) mass is 666 g/mol. The molecule has 0 saturated heterocycles. The summed E-state index contributed by atoms with van der Waals surface area (Å²) in [6.07, 6.45) is 7.74. The Balaban J connectivity index is 1.34. The fourth-order valence-electron chi connectivity index (χ4n) is 6.79. The summed E-state index contributed by atoms with van der Waals surface area (Å²) in [5.41, 5.74) is 1.99. The predicted octanol–water partition coefficient (Wildman–Crippen LogP) is 5.80. The van der Waals surface area contributed by atoms with E-state index in [1.54, 1.807) is 23.1 Å². The molecule has 11 nitrogen and oxygen atoms in total. The van der Waals surface area contributed by atoms with Gasteiger partial charge in [-0.25, -0.2) is 4.79 Å². The molecule has 3 aliphatic rings. The molecule has 0 bridgehead atoms. The van der Waals surface area contributed by atoms with E-state index in [1.807, 2.05) is 26.0 Å². The Bertz CT molecular complexity index is 1370. The van der Waals surface area contributed by atoms with Crippen molar-refractivity contribution in [1.29, 1.82) is 0 Å². The second kappa shape index (κ2) is 17.2. The van der Waals surface area contributed by atoms with Crippen molar-refractivity contribution in [3.63, 3.8) is 0 Å². The van der Waals surface area contributed by atoms with Gasteiger partial charge in [-0.3, -0.25) is 9.69 Å². The maximum atomic E-state index is 14.4. The second-order valence-electron chi connectivity index (χ2n) is 13.8. The van der Waals surface area contributed by atoms with E-state index in [9.17, 15) is 14.7 Å². The van der Waals surface area contributed by atoms with E-state index in [0.717, 1.165) is 62.0 Å². The van der Waals surface area contributed by atoms with Gasteiger partial charge in [-0.15, -0.1) is 0 Å². The molecule has 0 aromatic heterocycles. The number of carbonyl (C=O) groups is 2. The zero-order chi connectivity index (χ0) is 34.0. The van der Waals surface area contributed by atoms with Crippen LogP contribution in [0.25, 0.3) is 0 Å². The molecule has 264 valence electrons. The molecule has 2 heterocycles. The molecular formula is C37H54N4O7. The van der Waals surface area contributed by atoms with Crippen molar-refractivity contribution in [3.8, 4) is 17.2 Å². The Morgan fingerprint density at radius 3 is 2.54 bits per heavy atom. The number of hydrogen-bond donors (Lipinski definition) is 3. The Kier molecular flexibility index (Phi) is 12.8. The highest BCUT2D eigenvalue weighted by Gasteiger charge is 2.31. The van der Waals surface area contributed by atoms with E-state index in [4.69, 9.17) is 18.9 Å². The zero-order valence-electron chi connectivity index (χ0n) is 29.0. The fraction of sp³-hybridized carbons (Fsp3) is 0.622. The first-order valence-electron chi connectivity index (χ1n) is 17.7. The smallest absolute Gasteiger partial charge is 0.319 e. The quantitative estimate of drug-likeness (QED) is 0.324. The van der Waals surface area contributed by atoms with Crippen molar-refractivity contribution in [3.05, 3.63) is 47.5 Å². The van der Waals surface area contributed by atoms with E-state index in [-0.39, 0.29) is 49.5 Å². The van der Waals surface area contributed by atoms with Gasteiger partial charge in [0.2, 0.25) is 6.79 Å². The first-order valence-corrected chi connectivity index (χ1v) is 17.7. The lowest BCUT2D eigenvalue weighted by atomic mass is 9.96. The minimum atomic E-state index is -0.448. The highest BCUT2D eigenvalue weighted by Crippen LogP contribution is 2.33. The largest absolute Gasteiger partial charge is 0.490 e. The van der Waals surface area contributed by atoms with Gasteiger partial charge >= 0.3 is 6.03 Å². The summed E-state index contributed by atoms with van der Waals surface area (Å²) in [7, 11) is 2.07. The van der Waals surface area contributed by atoms with Crippen LogP contribution in [-0.2, 0) is 11.3 Å². The number of fused-ring (bicyclic) bond motifs is 2. The number of benzene rings is 2. The molecule has 5 rings (SSSR count). The lowest BCUT2D eigenvalue weighted by Crippen LogP contribution is -2.47. The molecule has 1 saturated carbocycles. The first kappa shape index (κ1) is 35.8. The van der Waals surface area contributed by atoms with Gasteiger partial charge in [0, 0.05) is 43.9 Å². The Labute approximate surface area is 285 Å². The molecule has 1 fully saturated rings. The van der Waals surface area contributed by atoms with Gasteiger partial charge < -0.3 is 39.6 Å². The van der Waals surface area contributed by atoms with Crippen molar-refractivity contribution in [1.82, 2.24) is 15.1 Å². The number of hydrogen-bond acceptors (Lipinski definition) is 8. The summed E-state index contributed by atoms with van der Waals surface area (Å²) in [6.45, 7) is 8.34. The maximum absolute atomic E-state index is 14.4. The summed E-state index contributed by atoms with van der Waals surface area (Å²) >= 11 is 0. The molecule has 11 heteroatoms. The number of nitrogens with zero attached hydrogens (tertiary/aromatic N) is 2. The Morgan fingerprint density at radius 2 is 1.75 bits per heavy atom. The summed E-state index contributed by atoms with van der Waals surface area (Å²) in [4.78, 5) is 31.2. The number of ether oxygens (including phenoxy) is 4. The standard InChI is InChI=1S/C37H54N4O7/c1-25-20-41(26(2)23-42)36(43)31-19-30(39-37(44)38-29-11-6-5-7-12-29)14-16-32(31)48-27(3)10-8-9-17-45-35(25)22-40(4)21-28-13-15-33-34(18-28)47-24-46-33/h13-16,18-19,25-27,29,35,42H,5-12,17,20-24H2,1-4H3,(H2,38,39,44)/t25-,26-,27-,35+/m0/s1. The van der Waals surface area contributed by atoms with Crippen LogP contribution < -0.4 is 24.8 Å². The van der Waals surface area contributed by atoms with Crippen molar-refractivity contribution in [2.75, 3.05) is 45.5 Å². The fourth-order valence-corrected chi connectivity index (χ4v) is 6.79. The van der Waals surface area contributed by atoms with Crippen molar-refractivity contribution < 1.29 is 33.6 Å². The number of anilines is 1. The third kappa shape index (κ3) is 9.76. The van der Waals surface area contributed by atoms with E-state index < -0.39 is 6.04 Å². The van der Waals surface area contributed by atoms with Gasteiger partial charge in [-0.1, -0.05) is 32.3 Å². The van der Waals surface area contributed by atoms with Gasteiger partial charge in [0.1, 0.15) is 5.75 Å². The highest BCUT2D eigenvalue weighted by atomic mass is 16.7. The topological polar surface area (TPSA) is 122 Å². The van der Waals surface area contributed by atoms with E-state index >= 15 is 0 Å². The number of likely N-dealkylation sites (N-methyl/N-ethyl adjacent to an activating group) is 1. The van der Waals surface area contributed by atoms with Crippen LogP contribution in [0.4, 0.5) is 10.5 Å². The van der Waals surface area contributed by atoms with Crippen LogP contribution in [0, 0.1) is 5.92 Å². The number of urea groups is 1. The summed E-state index contributed by atoms with van der Waals surface area (Å²) < 4.78 is 23.9. The third-order valence-corrected chi connectivity index (χ3v) is 9.63. The average Bonchev–Trinajstić information content (AvgIpc) is 3.54. The Morgan fingerprint density at radius 1 is 1.00 bits per heavy atom. The van der Waals surface area contributed by atoms with E-state index in [1.165, 1.54) is 6.42 Å². The van der Waals surface area contributed by atoms with Gasteiger partial charge in [0.05, 0.1) is 30.4 Å². The number of rotatable bonds is 8. The van der Waals surface area contributed by atoms with Crippen LogP contribution in [0.15, 0.2) is 36.4 Å². The van der Waals surface area contributed by atoms with E-state index in [2.05, 4.69) is 35.6 Å². The van der Waals surface area contributed by atoms with Crippen molar-refractivity contribution >= 4 is 17.6 Å². The number of aliphatic hydroxyl groups excluding tert-OH is 1. The molecule has 0 spiro atoms. The number of nitrogens with one attached hydrogen (secondary N) is 2. The summed E-state index contributed by atoms with van der Waals surface area (Å²) in [6, 6.07) is 10.7. The lowest BCUT2D eigenvalue weighted by Gasteiger charge is -2.36. The SMILES string of the molecule is C[C@H]1CCCCO[C@H](CN(C)Cc2ccc3c(c2)OCO3)[C@@H](C)CN([C@@H](C)CO)C(=O)c2cc(NC(=O)NC3CCCCC3)ccc2O1. The predicted molar refractivity (Wildman–Crippen MR) is 185 cm³/mol. The Hall–Kier alpha value is -3.54. The summed E-state index contributed by atoms with van der Waals surface area (Å²) in [5, 5.41) is 16.3. The van der Waals surface area contributed by atoms with Crippen LogP contribution in [0.2, 0.25) is 0 Å². The zero-order valence-corrected chi connectivity index (χ0v) is 29.0. The number of aliphatic hydroxyl groups is 1. The maximum Gasteiger partial charge on any atom is 0.319 e. The minimum Gasteiger partial charge on any atom is -0.490 e. The van der Waals surface area contributed by atoms with Crippen LogP contribution in [-0.4, -0.2) is 91.3 Å². The molecule has 48 heavy (non-hydrogen) atoms. The lowest BCUT2D eigenvalue weighted by molar-refractivity contribution is -0.0177. The molecule has 3 amide bonds. The molecule has 3 N–H and O–H groups in total. The van der Waals surface area contributed by atoms with Gasteiger partial charge in [0.25, 0.3) is 5.91 Å². The second-order valence-corrected chi connectivity index (χ2v) is 13.8. The first-order chi connectivity index (χ1) is 23.2. The van der Waals surface area contributed by atoms with Crippen LogP contribution in [0.3, 0.4) is 0 Å². The summed E-state index contributed by atoms with van der Waals surface area (Å²) in [5.74, 6) is 1.70. The van der Waals surface area contributed by atoms with Crippen molar-refractivity contribution in [2.45, 2.75) is 103 Å². The normalized spacial score (nSPS) is 23.2. The van der Waals surface area contributed by atoms with Gasteiger partial charge in [-0.2, -0.15) is 0 Å². The van der Waals surface area contributed by atoms with Crippen LogP contribution in [0.1, 0.15) is 88.1 Å².